The van der Waals surface area contributed by atoms with Gasteiger partial charge in [0.05, 0.1) is 21.3 Å². The van der Waals surface area contributed by atoms with E-state index in [9.17, 15) is 4.79 Å². The summed E-state index contributed by atoms with van der Waals surface area (Å²) in [4.78, 5) is 19.7. The number of amides is 1. The summed E-state index contributed by atoms with van der Waals surface area (Å²) in [5, 5.41) is 3.86. The van der Waals surface area contributed by atoms with Crippen LogP contribution in [0.3, 0.4) is 0 Å². The molecule has 3 heterocycles. The van der Waals surface area contributed by atoms with Gasteiger partial charge in [0, 0.05) is 41.7 Å². The lowest BCUT2D eigenvalue weighted by Crippen LogP contribution is -2.31. The minimum atomic E-state index is -0.0301. The predicted octanol–water partition coefficient (Wildman–Crippen LogP) is 4.34. The van der Waals surface area contributed by atoms with Crippen LogP contribution in [0.2, 0.25) is 10.0 Å². The highest BCUT2D eigenvalue weighted by Crippen LogP contribution is 2.30. The number of aromatic nitrogens is 2. The van der Waals surface area contributed by atoms with E-state index >= 15 is 0 Å². The van der Waals surface area contributed by atoms with Gasteiger partial charge in [0.15, 0.2) is 0 Å². The molecule has 4 rings (SSSR count). The van der Waals surface area contributed by atoms with Gasteiger partial charge in [-0.1, -0.05) is 29.3 Å². The van der Waals surface area contributed by atoms with Crippen LogP contribution in [0.4, 0.5) is 0 Å². The number of benzene rings is 1. The molecule has 0 radical (unpaired) electrons. The molecule has 1 amide bonds. The van der Waals surface area contributed by atoms with Crippen molar-refractivity contribution in [3.63, 3.8) is 0 Å². The minimum Gasteiger partial charge on any atom is -0.358 e. The third kappa shape index (κ3) is 2.68. The van der Waals surface area contributed by atoms with Crippen LogP contribution < -0.4 is 5.32 Å². The number of rotatable bonds is 2. The predicted molar refractivity (Wildman–Crippen MR) is 95.5 cm³/mol. The summed E-state index contributed by atoms with van der Waals surface area (Å²) in [6, 6.07) is 11.2. The molecule has 1 aliphatic heterocycles. The first-order chi connectivity index (χ1) is 11.6. The van der Waals surface area contributed by atoms with Crippen molar-refractivity contribution in [1.82, 2.24) is 15.3 Å². The second kappa shape index (κ2) is 5.96. The van der Waals surface area contributed by atoms with Gasteiger partial charge >= 0.3 is 0 Å². The summed E-state index contributed by atoms with van der Waals surface area (Å²) >= 11 is 12.1. The van der Waals surface area contributed by atoms with E-state index in [1.807, 2.05) is 24.3 Å². The molecule has 24 heavy (non-hydrogen) atoms. The maximum Gasteiger partial charge on any atom is 0.253 e. The van der Waals surface area contributed by atoms with E-state index in [0.29, 0.717) is 22.2 Å². The Bertz CT molecular complexity index is 949. The van der Waals surface area contributed by atoms with Crippen LogP contribution in [0.1, 0.15) is 16.1 Å². The normalized spacial score (nSPS) is 13.5. The zero-order chi connectivity index (χ0) is 16.7. The maximum atomic E-state index is 11.9. The number of carbonyl (C=O) groups is 1. The molecule has 0 bridgehead atoms. The lowest BCUT2D eigenvalue weighted by atomic mass is 10.1. The third-order valence-corrected chi connectivity index (χ3v) is 4.83. The number of halogens is 2. The fourth-order valence-electron chi connectivity index (χ4n) is 2.86. The second-order valence-corrected chi connectivity index (χ2v) is 6.45. The van der Waals surface area contributed by atoms with E-state index in [4.69, 9.17) is 23.2 Å². The van der Waals surface area contributed by atoms with Gasteiger partial charge in [-0.2, -0.15) is 0 Å². The van der Waals surface area contributed by atoms with Crippen LogP contribution in [0.5, 0.6) is 0 Å². The topological polar surface area (TPSA) is 57.8 Å². The van der Waals surface area contributed by atoms with Gasteiger partial charge in [-0.05, 0) is 30.3 Å². The number of fused-ring (bicyclic) bond motifs is 1. The molecule has 0 saturated carbocycles. The molecule has 1 aliphatic rings. The highest BCUT2D eigenvalue weighted by molar-refractivity contribution is 6.42. The summed E-state index contributed by atoms with van der Waals surface area (Å²) in [6.45, 7) is 0.663. The molecule has 120 valence electrons. The zero-order valence-corrected chi connectivity index (χ0v) is 14.1. The molecule has 0 aliphatic carbocycles. The molecule has 4 nitrogen and oxygen atoms in total. The highest BCUT2D eigenvalue weighted by Gasteiger charge is 2.20. The van der Waals surface area contributed by atoms with E-state index in [1.165, 1.54) is 0 Å². The van der Waals surface area contributed by atoms with Crippen LogP contribution in [-0.4, -0.2) is 22.4 Å². The quantitative estimate of drug-likeness (QED) is 0.716. The number of H-pyrrole nitrogens is 1. The summed E-state index contributed by atoms with van der Waals surface area (Å²) in [7, 11) is 0. The van der Waals surface area contributed by atoms with Gasteiger partial charge in [-0.15, -0.1) is 0 Å². The molecular formula is C18H13Cl2N3O. The van der Waals surface area contributed by atoms with Crippen LogP contribution in [-0.2, 0) is 6.42 Å². The summed E-state index contributed by atoms with van der Waals surface area (Å²) in [5.41, 5.74) is 5.24. The average molecular weight is 358 g/mol. The highest BCUT2D eigenvalue weighted by atomic mass is 35.5. The molecule has 0 atom stereocenters. The number of nitrogens with zero attached hydrogens (tertiary/aromatic N) is 1. The van der Waals surface area contributed by atoms with Crippen molar-refractivity contribution < 1.29 is 4.79 Å². The zero-order valence-electron chi connectivity index (χ0n) is 12.6. The van der Waals surface area contributed by atoms with E-state index in [-0.39, 0.29) is 5.91 Å². The van der Waals surface area contributed by atoms with Crippen molar-refractivity contribution in [3.05, 3.63) is 63.9 Å². The van der Waals surface area contributed by atoms with Crippen molar-refractivity contribution in [2.45, 2.75) is 6.42 Å². The lowest BCUT2D eigenvalue weighted by Gasteiger charge is -2.11. The number of pyridine rings is 1. The number of hydrogen-bond acceptors (Lipinski definition) is 2. The first kappa shape index (κ1) is 15.2. The molecule has 0 spiro atoms. The number of nitrogens with one attached hydrogen (secondary N) is 2. The fraction of sp³-hybridized carbons (Fsp3) is 0.111. The van der Waals surface area contributed by atoms with E-state index in [1.54, 1.807) is 18.3 Å². The molecule has 0 saturated heterocycles. The van der Waals surface area contributed by atoms with E-state index < -0.39 is 0 Å². The molecule has 0 unspecified atom stereocenters. The summed E-state index contributed by atoms with van der Waals surface area (Å²) in [6.07, 6.45) is 2.55. The Morgan fingerprint density at radius 2 is 1.88 bits per heavy atom. The molecular weight excluding hydrogens is 345 g/mol. The minimum absolute atomic E-state index is 0.0301. The first-order valence-electron chi connectivity index (χ1n) is 7.54. The average Bonchev–Trinajstić information content (AvgIpc) is 3.03. The van der Waals surface area contributed by atoms with Crippen molar-refractivity contribution in [2.75, 3.05) is 6.54 Å². The molecule has 6 heteroatoms. The Balaban J connectivity index is 1.75. The van der Waals surface area contributed by atoms with Gasteiger partial charge < -0.3 is 10.3 Å². The second-order valence-electron chi connectivity index (χ2n) is 5.64. The number of aromatic amines is 1. The first-order valence-corrected chi connectivity index (χ1v) is 8.29. The fourth-order valence-corrected chi connectivity index (χ4v) is 3.16. The smallest absolute Gasteiger partial charge is 0.253 e. The van der Waals surface area contributed by atoms with E-state index in [2.05, 4.69) is 15.3 Å². The summed E-state index contributed by atoms with van der Waals surface area (Å²) in [5.74, 6) is -0.0301. The molecule has 3 aromatic rings. The standard InChI is InChI=1S/C18H13Cl2N3O/c19-13-2-1-10(7-14(13)20)16-8-11(3-5-21-16)17-9-12-15(23-17)4-6-22-18(12)24/h1-3,5,7-9,23H,4,6H2,(H,22,24). The Morgan fingerprint density at radius 3 is 2.67 bits per heavy atom. The van der Waals surface area contributed by atoms with Crippen molar-refractivity contribution in [1.29, 1.82) is 0 Å². The summed E-state index contributed by atoms with van der Waals surface area (Å²) < 4.78 is 0. The van der Waals surface area contributed by atoms with Crippen molar-refractivity contribution in [3.8, 4) is 22.5 Å². The van der Waals surface area contributed by atoms with Crippen molar-refractivity contribution >= 4 is 29.1 Å². The SMILES string of the molecule is O=C1NCCc2[nH]c(-c3ccnc(-c4ccc(Cl)c(Cl)c4)c3)cc21. The van der Waals surface area contributed by atoms with Gasteiger partial charge in [0.2, 0.25) is 0 Å². The molecule has 2 aromatic heterocycles. The Hall–Kier alpha value is -2.30. The van der Waals surface area contributed by atoms with Crippen molar-refractivity contribution in [2.24, 2.45) is 0 Å². The van der Waals surface area contributed by atoms with Crippen LogP contribution in [0.15, 0.2) is 42.6 Å². The van der Waals surface area contributed by atoms with E-state index in [0.717, 1.165) is 34.6 Å². The third-order valence-electron chi connectivity index (χ3n) is 4.09. The number of carbonyl (C=O) groups excluding carboxylic acids is 1. The molecule has 2 N–H and O–H groups in total. The van der Waals surface area contributed by atoms with Crippen LogP contribution >= 0.6 is 23.2 Å². The Kier molecular flexibility index (Phi) is 3.79. The maximum absolute atomic E-state index is 11.9. The Morgan fingerprint density at radius 1 is 1.00 bits per heavy atom. The lowest BCUT2D eigenvalue weighted by molar-refractivity contribution is 0.0946. The van der Waals surface area contributed by atoms with Gasteiger partial charge in [0.25, 0.3) is 5.91 Å². The monoisotopic (exact) mass is 357 g/mol. The van der Waals surface area contributed by atoms with Crippen LogP contribution in [0, 0.1) is 0 Å². The molecule has 0 fully saturated rings. The Labute approximate surface area is 148 Å². The largest absolute Gasteiger partial charge is 0.358 e. The van der Waals surface area contributed by atoms with Gasteiger partial charge in [-0.3, -0.25) is 9.78 Å². The van der Waals surface area contributed by atoms with Gasteiger partial charge in [-0.25, -0.2) is 0 Å². The molecule has 1 aromatic carbocycles. The van der Waals surface area contributed by atoms with Crippen LogP contribution in [0.25, 0.3) is 22.5 Å². The number of hydrogen-bond donors (Lipinski definition) is 2. The van der Waals surface area contributed by atoms with Gasteiger partial charge in [0.1, 0.15) is 0 Å².